The van der Waals surface area contributed by atoms with Crippen molar-refractivity contribution in [2.75, 3.05) is 6.61 Å². The van der Waals surface area contributed by atoms with Gasteiger partial charge in [0.1, 0.15) is 5.56 Å². The number of benzene rings is 1. The summed E-state index contributed by atoms with van der Waals surface area (Å²) in [6, 6.07) is 4.83. The Morgan fingerprint density at radius 2 is 2.03 bits per heavy atom. The topological polar surface area (TPSA) is 114 Å². The number of nitrogens with zero attached hydrogens (tertiary/aromatic N) is 2. The average Bonchev–Trinajstić information content (AvgIpc) is 3.00. The van der Waals surface area contributed by atoms with Crippen LogP contribution in [0.3, 0.4) is 0 Å². The first-order valence-corrected chi connectivity index (χ1v) is 9.23. The average molecular weight is 438 g/mol. The summed E-state index contributed by atoms with van der Waals surface area (Å²) >= 11 is 0.782. The van der Waals surface area contributed by atoms with Crippen molar-refractivity contribution in [3.8, 4) is 0 Å². The van der Waals surface area contributed by atoms with Crippen LogP contribution in [0.2, 0.25) is 0 Å². The van der Waals surface area contributed by atoms with Crippen molar-refractivity contribution < 1.29 is 27.5 Å². The molecule has 12 heteroatoms. The van der Waals surface area contributed by atoms with Gasteiger partial charge in [-0.2, -0.15) is 18.2 Å². The second-order valence-corrected chi connectivity index (χ2v) is 6.77. The molecule has 0 unspecified atom stereocenters. The molecule has 3 rings (SSSR count). The summed E-state index contributed by atoms with van der Waals surface area (Å²) in [5, 5.41) is 2.38. The number of carbonyl (C=O) groups is 2. The molecule has 1 amide bonds. The summed E-state index contributed by atoms with van der Waals surface area (Å²) in [4.78, 5) is 45.7. The highest BCUT2D eigenvalue weighted by molar-refractivity contribution is 8.18. The predicted molar refractivity (Wildman–Crippen MR) is 103 cm³/mol. The number of aromatic amines is 1. The lowest BCUT2D eigenvalue weighted by molar-refractivity contribution is -0.137. The third-order valence-electron chi connectivity index (χ3n) is 3.69. The number of alkyl halides is 3. The van der Waals surface area contributed by atoms with E-state index in [0.717, 1.165) is 30.1 Å². The molecule has 0 saturated carbocycles. The van der Waals surface area contributed by atoms with Crippen LogP contribution in [0.25, 0.3) is 6.08 Å². The van der Waals surface area contributed by atoms with Crippen LogP contribution in [-0.4, -0.2) is 33.6 Å². The van der Waals surface area contributed by atoms with Gasteiger partial charge in [-0.3, -0.25) is 14.6 Å². The maximum Gasteiger partial charge on any atom is 0.416 e. The predicted octanol–water partition coefficient (Wildman–Crippen LogP) is 2.86. The van der Waals surface area contributed by atoms with E-state index in [1.807, 2.05) is 0 Å². The molecule has 0 aliphatic carbocycles. The van der Waals surface area contributed by atoms with Gasteiger partial charge in [0.05, 0.1) is 23.3 Å². The Kier molecular flexibility index (Phi) is 6.06. The molecule has 0 radical (unpaired) electrons. The second-order valence-electron chi connectivity index (χ2n) is 5.74. The van der Waals surface area contributed by atoms with Crippen molar-refractivity contribution in [2.45, 2.75) is 13.1 Å². The summed E-state index contributed by atoms with van der Waals surface area (Å²) in [7, 11) is 0. The molecular formula is C18H13F3N4O4S. The Balaban J connectivity index is 1.86. The van der Waals surface area contributed by atoms with Gasteiger partial charge < -0.3 is 10.1 Å². The zero-order chi connectivity index (χ0) is 21.9. The SMILES string of the molecule is CCOC(=O)c1cnc(/N=C2\NC(=O)C(=Cc3ccccc3C(F)(F)F)S2)[nH]c1=O. The first-order valence-electron chi connectivity index (χ1n) is 8.41. The first-order chi connectivity index (χ1) is 14.2. The smallest absolute Gasteiger partial charge is 0.416 e. The molecule has 1 aromatic heterocycles. The zero-order valence-electron chi connectivity index (χ0n) is 15.2. The first kappa shape index (κ1) is 21.3. The van der Waals surface area contributed by atoms with Gasteiger partial charge in [0.25, 0.3) is 11.5 Å². The van der Waals surface area contributed by atoms with Crippen LogP contribution in [-0.2, 0) is 15.7 Å². The molecule has 1 fully saturated rings. The van der Waals surface area contributed by atoms with Crippen molar-refractivity contribution in [3.05, 3.63) is 62.4 Å². The van der Waals surface area contributed by atoms with E-state index in [1.54, 1.807) is 6.92 Å². The number of rotatable bonds is 4. The van der Waals surface area contributed by atoms with Gasteiger partial charge in [0.2, 0.25) is 5.95 Å². The Morgan fingerprint density at radius 3 is 2.70 bits per heavy atom. The third-order valence-corrected chi connectivity index (χ3v) is 4.60. The van der Waals surface area contributed by atoms with Gasteiger partial charge in [-0.1, -0.05) is 18.2 Å². The van der Waals surface area contributed by atoms with Crippen LogP contribution in [0.5, 0.6) is 0 Å². The Hall–Kier alpha value is -3.41. The fourth-order valence-electron chi connectivity index (χ4n) is 2.40. The normalized spacial score (nSPS) is 16.7. The molecule has 2 heterocycles. The molecule has 0 bridgehead atoms. The summed E-state index contributed by atoms with van der Waals surface area (Å²) in [6.45, 7) is 1.66. The molecule has 1 aliphatic heterocycles. The van der Waals surface area contributed by atoms with Crippen molar-refractivity contribution >= 4 is 40.8 Å². The van der Waals surface area contributed by atoms with Crippen molar-refractivity contribution in [1.29, 1.82) is 0 Å². The van der Waals surface area contributed by atoms with E-state index < -0.39 is 29.2 Å². The number of halogens is 3. The number of esters is 1. The quantitative estimate of drug-likeness (QED) is 0.561. The molecule has 2 aromatic rings. The Labute approximate surface area is 171 Å². The Morgan fingerprint density at radius 1 is 1.30 bits per heavy atom. The lowest BCUT2D eigenvalue weighted by atomic mass is 10.1. The van der Waals surface area contributed by atoms with Gasteiger partial charge in [-0.05, 0) is 36.4 Å². The lowest BCUT2D eigenvalue weighted by Crippen LogP contribution is -2.21. The van der Waals surface area contributed by atoms with Gasteiger partial charge >= 0.3 is 12.1 Å². The van der Waals surface area contributed by atoms with Gasteiger partial charge in [-0.15, -0.1) is 0 Å². The zero-order valence-corrected chi connectivity index (χ0v) is 16.1. The molecular weight excluding hydrogens is 425 g/mol. The number of carbonyl (C=O) groups excluding carboxylic acids is 2. The molecule has 8 nitrogen and oxygen atoms in total. The van der Waals surface area contributed by atoms with Crippen molar-refractivity contribution in [2.24, 2.45) is 4.99 Å². The number of amides is 1. The number of aliphatic imine (C=N–C) groups is 1. The van der Waals surface area contributed by atoms with E-state index in [1.165, 1.54) is 18.2 Å². The van der Waals surface area contributed by atoms with E-state index in [9.17, 15) is 27.6 Å². The monoisotopic (exact) mass is 438 g/mol. The van der Waals surface area contributed by atoms with Crippen molar-refractivity contribution in [3.63, 3.8) is 0 Å². The largest absolute Gasteiger partial charge is 0.462 e. The molecule has 2 N–H and O–H groups in total. The second kappa shape index (κ2) is 8.53. The summed E-state index contributed by atoms with van der Waals surface area (Å²) in [5.41, 5.74) is -2.15. The van der Waals surface area contributed by atoms with Crippen LogP contribution in [0.1, 0.15) is 28.4 Å². The summed E-state index contributed by atoms with van der Waals surface area (Å²) in [6.07, 6.45) is -2.49. The minimum atomic E-state index is -4.58. The van der Waals surface area contributed by atoms with Crippen LogP contribution in [0.4, 0.5) is 19.1 Å². The van der Waals surface area contributed by atoms with Crippen molar-refractivity contribution in [1.82, 2.24) is 15.3 Å². The highest BCUT2D eigenvalue weighted by Crippen LogP contribution is 2.35. The molecule has 156 valence electrons. The minimum absolute atomic E-state index is 0.00257. The number of nitrogens with one attached hydrogen (secondary N) is 2. The number of amidine groups is 1. The maximum atomic E-state index is 13.1. The summed E-state index contributed by atoms with van der Waals surface area (Å²) < 4.78 is 44.1. The molecule has 30 heavy (non-hydrogen) atoms. The number of aromatic nitrogens is 2. The summed E-state index contributed by atoms with van der Waals surface area (Å²) in [5.74, 6) is -1.70. The number of H-pyrrole nitrogens is 1. The molecule has 1 aromatic carbocycles. The third kappa shape index (κ3) is 4.76. The van der Waals surface area contributed by atoms with Gasteiger partial charge in [0, 0.05) is 0 Å². The van der Waals surface area contributed by atoms with E-state index >= 15 is 0 Å². The number of thioether (sulfide) groups is 1. The minimum Gasteiger partial charge on any atom is -0.462 e. The lowest BCUT2D eigenvalue weighted by Gasteiger charge is -2.09. The number of hydrogen-bond donors (Lipinski definition) is 2. The van der Waals surface area contributed by atoms with E-state index in [4.69, 9.17) is 4.74 Å². The van der Waals surface area contributed by atoms with Gasteiger partial charge in [0.15, 0.2) is 5.17 Å². The number of ether oxygens (including phenoxy) is 1. The number of hydrogen-bond acceptors (Lipinski definition) is 7. The van der Waals surface area contributed by atoms with Crippen LogP contribution < -0.4 is 10.9 Å². The van der Waals surface area contributed by atoms with Crippen LogP contribution >= 0.6 is 11.8 Å². The molecule has 0 atom stereocenters. The fraction of sp³-hybridized carbons (Fsp3) is 0.167. The Bertz CT molecular complexity index is 1120. The van der Waals surface area contributed by atoms with Gasteiger partial charge in [-0.25, -0.2) is 9.78 Å². The standard InChI is InChI=1S/C18H13F3N4O4S/c1-2-29-15(28)10-8-22-16(23-13(10)26)25-17-24-14(27)12(30-17)7-9-5-3-4-6-11(9)18(19,20)21/h3-8H,2H2,1H3,(H2,22,23,24,25,26,27). The molecule has 0 spiro atoms. The maximum absolute atomic E-state index is 13.1. The fourth-order valence-corrected chi connectivity index (χ4v) is 3.21. The van der Waals surface area contributed by atoms with Crippen LogP contribution in [0.15, 0.2) is 45.2 Å². The van der Waals surface area contributed by atoms with Crippen LogP contribution in [0, 0.1) is 0 Å². The van der Waals surface area contributed by atoms with E-state index in [-0.39, 0.29) is 33.8 Å². The van der Waals surface area contributed by atoms with E-state index in [2.05, 4.69) is 20.3 Å². The van der Waals surface area contributed by atoms with E-state index in [0.29, 0.717) is 0 Å². The highest BCUT2D eigenvalue weighted by atomic mass is 32.2. The highest BCUT2D eigenvalue weighted by Gasteiger charge is 2.33. The molecule has 1 saturated heterocycles. The molecule has 1 aliphatic rings.